The molecule has 87 valence electrons. The predicted molar refractivity (Wildman–Crippen MR) is 71.9 cm³/mol. The molecule has 0 amide bonds. The van der Waals surface area contributed by atoms with Gasteiger partial charge in [0.25, 0.3) is 0 Å². The first kappa shape index (κ1) is 11.7. The average Bonchev–Trinajstić information content (AvgIpc) is 2.40. The van der Waals surface area contributed by atoms with E-state index in [1.54, 1.807) is 0 Å². The smallest absolute Gasteiger partial charge is 0.119 e. The predicted octanol–water partition coefficient (Wildman–Crippen LogP) is 4.35. The van der Waals surface area contributed by atoms with Crippen molar-refractivity contribution in [2.75, 3.05) is 0 Å². The second-order valence-electron chi connectivity index (χ2n) is 4.11. The molecule has 0 aliphatic rings. The molecule has 2 aromatic rings. The molecule has 0 saturated carbocycles. The maximum Gasteiger partial charge on any atom is 0.119 e. The molecule has 0 spiro atoms. The Morgan fingerprint density at radius 2 is 1.53 bits per heavy atom. The summed E-state index contributed by atoms with van der Waals surface area (Å²) in [6, 6.07) is 18.5. The lowest BCUT2D eigenvalue weighted by molar-refractivity contribution is 0.224. The Labute approximate surface area is 103 Å². The highest BCUT2D eigenvalue weighted by atomic mass is 16.5. The van der Waals surface area contributed by atoms with Crippen molar-refractivity contribution in [3.8, 4) is 16.9 Å². The second-order valence-corrected chi connectivity index (χ2v) is 4.11. The van der Waals surface area contributed by atoms with Gasteiger partial charge in [0.15, 0.2) is 0 Å². The molecule has 0 fully saturated rings. The van der Waals surface area contributed by atoms with Crippen molar-refractivity contribution in [2.45, 2.75) is 19.4 Å². The van der Waals surface area contributed by atoms with Gasteiger partial charge in [-0.3, -0.25) is 0 Å². The van der Waals surface area contributed by atoms with Gasteiger partial charge in [0.2, 0.25) is 0 Å². The summed E-state index contributed by atoms with van der Waals surface area (Å²) in [5.74, 6) is 0.904. The Hall–Kier alpha value is -1.76. The van der Waals surface area contributed by atoms with Gasteiger partial charge in [0.05, 0.1) is 6.10 Å². The molecule has 0 saturated heterocycles. The first-order chi connectivity index (χ1) is 8.29. The zero-order valence-corrected chi connectivity index (χ0v) is 10.1. The van der Waals surface area contributed by atoms with E-state index in [0.29, 0.717) is 0 Å². The molecule has 0 aliphatic carbocycles. The molecule has 1 nitrogen and oxygen atoms in total. The normalized spacial score (nSPS) is 12.1. The summed E-state index contributed by atoms with van der Waals surface area (Å²) < 4.78 is 5.69. The quantitative estimate of drug-likeness (QED) is 0.751. The minimum atomic E-state index is 0.164. The third kappa shape index (κ3) is 3.10. The Balaban J connectivity index is 2.13. The van der Waals surface area contributed by atoms with Crippen LogP contribution in [0.5, 0.6) is 5.75 Å². The molecule has 0 heterocycles. The number of hydrogen-bond donors (Lipinski definition) is 0. The largest absolute Gasteiger partial charge is 0.491 e. The number of rotatable bonds is 4. The number of ether oxygens (including phenoxy) is 1. The molecule has 1 unspecified atom stereocenters. The highest BCUT2D eigenvalue weighted by molar-refractivity contribution is 5.63. The van der Waals surface area contributed by atoms with Crippen molar-refractivity contribution in [1.29, 1.82) is 0 Å². The lowest BCUT2D eigenvalue weighted by Gasteiger charge is -2.12. The topological polar surface area (TPSA) is 9.23 Å². The van der Waals surface area contributed by atoms with Gasteiger partial charge >= 0.3 is 0 Å². The maximum absolute atomic E-state index is 5.69. The summed E-state index contributed by atoms with van der Waals surface area (Å²) in [6.45, 7) is 5.85. The van der Waals surface area contributed by atoms with Crippen LogP contribution in [0.3, 0.4) is 0 Å². The zero-order valence-electron chi connectivity index (χ0n) is 10.1. The van der Waals surface area contributed by atoms with Crippen molar-refractivity contribution in [3.63, 3.8) is 0 Å². The van der Waals surface area contributed by atoms with E-state index in [-0.39, 0.29) is 6.10 Å². The molecule has 1 atom stereocenters. The SMILES string of the molecule is [CH2]CC(C)Oc1ccc(-c2ccccc2)cc1. The van der Waals surface area contributed by atoms with Gasteiger partial charge < -0.3 is 4.74 Å². The first-order valence-electron chi connectivity index (χ1n) is 5.91. The first-order valence-corrected chi connectivity index (χ1v) is 5.91. The Bertz CT molecular complexity index is 445. The van der Waals surface area contributed by atoms with E-state index in [4.69, 9.17) is 4.74 Å². The molecule has 2 rings (SSSR count). The Morgan fingerprint density at radius 3 is 2.12 bits per heavy atom. The van der Waals surface area contributed by atoms with Crippen molar-refractivity contribution in [2.24, 2.45) is 0 Å². The van der Waals surface area contributed by atoms with E-state index < -0.39 is 0 Å². The maximum atomic E-state index is 5.69. The van der Waals surface area contributed by atoms with E-state index >= 15 is 0 Å². The molecular weight excluding hydrogens is 208 g/mol. The summed E-state index contributed by atoms with van der Waals surface area (Å²) in [4.78, 5) is 0. The minimum Gasteiger partial charge on any atom is -0.491 e. The molecule has 1 heteroatoms. The van der Waals surface area contributed by atoms with Crippen LogP contribution in [0, 0.1) is 6.92 Å². The molecular formula is C16H17O. The molecule has 1 radical (unpaired) electrons. The monoisotopic (exact) mass is 225 g/mol. The van der Waals surface area contributed by atoms with Crippen LogP contribution in [0.2, 0.25) is 0 Å². The van der Waals surface area contributed by atoms with E-state index in [9.17, 15) is 0 Å². The van der Waals surface area contributed by atoms with Gasteiger partial charge in [-0.05, 0) is 43.5 Å². The van der Waals surface area contributed by atoms with E-state index in [1.807, 2.05) is 37.3 Å². The van der Waals surface area contributed by atoms with Crippen LogP contribution >= 0.6 is 0 Å². The van der Waals surface area contributed by atoms with Crippen LogP contribution in [0.25, 0.3) is 11.1 Å². The van der Waals surface area contributed by atoms with Crippen LogP contribution in [0.1, 0.15) is 13.3 Å². The van der Waals surface area contributed by atoms with Crippen LogP contribution in [-0.4, -0.2) is 6.10 Å². The van der Waals surface area contributed by atoms with Crippen LogP contribution in [-0.2, 0) is 0 Å². The van der Waals surface area contributed by atoms with Gasteiger partial charge in [0.1, 0.15) is 5.75 Å². The van der Waals surface area contributed by atoms with Crippen molar-refractivity contribution >= 4 is 0 Å². The van der Waals surface area contributed by atoms with Gasteiger partial charge in [-0.15, -0.1) is 0 Å². The number of benzene rings is 2. The fraction of sp³-hybridized carbons (Fsp3) is 0.188. The third-order valence-electron chi connectivity index (χ3n) is 2.71. The third-order valence-corrected chi connectivity index (χ3v) is 2.71. The van der Waals surface area contributed by atoms with Crippen molar-refractivity contribution in [1.82, 2.24) is 0 Å². The van der Waals surface area contributed by atoms with E-state index in [2.05, 4.69) is 31.2 Å². The molecule has 17 heavy (non-hydrogen) atoms. The fourth-order valence-electron chi connectivity index (χ4n) is 1.65. The summed E-state index contributed by atoms with van der Waals surface area (Å²) in [7, 11) is 0. The summed E-state index contributed by atoms with van der Waals surface area (Å²) in [5, 5.41) is 0. The van der Waals surface area contributed by atoms with Crippen molar-refractivity contribution < 1.29 is 4.74 Å². The van der Waals surface area contributed by atoms with Gasteiger partial charge in [-0.2, -0.15) is 0 Å². The summed E-state index contributed by atoms with van der Waals surface area (Å²) in [5.41, 5.74) is 2.43. The zero-order chi connectivity index (χ0) is 12.1. The molecule has 0 N–H and O–H groups in total. The molecule has 0 aromatic heterocycles. The average molecular weight is 225 g/mol. The molecule has 0 aliphatic heterocycles. The summed E-state index contributed by atoms with van der Waals surface area (Å²) in [6.07, 6.45) is 0.943. The standard InChI is InChI=1S/C16H17O/c1-3-13(2)17-16-11-9-15(10-12-16)14-7-5-4-6-8-14/h4-13H,1,3H2,2H3. The van der Waals surface area contributed by atoms with Crippen LogP contribution in [0.4, 0.5) is 0 Å². The summed E-state index contributed by atoms with van der Waals surface area (Å²) >= 11 is 0. The Morgan fingerprint density at radius 1 is 0.941 bits per heavy atom. The highest BCUT2D eigenvalue weighted by Gasteiger charge is 2.01. The molecule has 2 aromatic carbocycles. The van der Waals surface area contributed by atoms with E-state index in [1.165, 1.54) is 11.1 Å². The van der Waals surface area contributed by atoms with Crippen LogP contribution < -0.4 is 4.74 Å². The van der Waals surface area contributed by atoms with Gasteiger partial charge in [-0.25, -0.2) is 0 Å². The number of hydrogen-bond acceptors (Lipinski definition) is 1. The second kappa shape index (κ2) is 5.53. The van der Waals surface area contributed by atoms with E-state index in [0.717, 1.165) is 12.2 Å². The lowest BCUT2D eigenvalue weighted by Crippen LogP contribution is -2.09. The fourth-order valence-corrected chi connectivity index (χ4v) is 1.65. The van der Waals surface area contributed by atoms with Crippen molar-refractivity contribution in [3.05, 3.63) is 61.5 Å². The van der Waals surface area contributed by atoms with Gasteiger partial charge in [-0.1, -0.05) is 42.5 Å². The highest BCUT2D eigenvalue weighted by Crippen LogP contribution is 2.22. The van der Waals surface area contributed by atoms with Crippen LogP contribution in [0.15, 0.2) is 54.6 Å². The lowest BCUT2D eigenvalue weighted by atomic mass is 10.1. The minimum absolute atomic E-state index is 0.164. The van der Waals surface area contributed by atoms with Gasteiger partial charge in [0, 0.05) is 0 Å². The molecule has 0 bridgehead atoms. The Kier molecular flexibility index (Phi) is 3.81.